The van der Waals surface area contributed by atoms with Gasteiger partial charge in [0.15, 0.2) is 5.82 Å². The van der Waals surface area contributed by atoms with Gasteiger partial charge >= 0.3 is 0 Å². The summed E-state index contributed by atoms with van der Waals surface area (Å²) in [4.78, 5) is 8.35. The van der Waals surface area contributed by atoms with E-state index in [9.17, 15) is 0 Å². The number of ether oxygens (including phenoxy) is 2. The summed E-state index contributed by atoms with van der Waals surface area (Å²) in [5.74, 6) is 1.06. The van der Waals surface area contributed by atoms with Gasteiger partial charge in [-0.1, -0.05) is 91.0 Å². The van der Waals surface area contributed by atoms with Crippen LogP contribution in [0.4, 0.5) is 0 Å². The van der Waals surface area contributed by atoms with Crippen LogP contribution in [0.15, 0.2) is 91.0 Å². The number of H-pyrrole nitrogens is 1. The molecule has 4 heteroatoms. The third-order valence-electron chi connectivity index (χ3n) is 5.39. The Hall–Kier alpha value is -3.21. The Bertz CT molecular complexity index is 1010. The quantitative estimate of drug-likeness (QED) is 0.474. The fourth-order valence-corrected chi connectivity index (χ4v) is 3.89. The number of hydrogen-bond donors (Lipinski definition) is 1. The van der Waals surface area contributed by atoms with Crippen molar-refractivity contribution in [2.45, 2.75) is 12.7 Å². The Morgan fingerprint density at radius 2 is 1.30 bits per heavy atom. The minimum atomic E-state index is -0.475. The number of nitrogens with one attached hydrogen (secondary N) is 1. The van der Waals surface area contributed by atoms with E-state index in [0.29, 0.717) is 25.0 Å². The van der Waals surface area contributed by atoms with Gasteiger partial charge in [-0.15, -0.1) is 0 Å². The van der Waals surface area contributed by atoms with Crippen LogP contribution in [-0.2, 0) is 15.9 Å². The van der Waals surface area contributed by atoms with Crippen molar-refractivity contribution in [3.8, 4) is 22.5 Å². The molecule has 0 bridgehead atoms. The molecule has 4 aromatic rings. The van der Waals surface area contributed by atoms with Crippen molar-refractivity contribution in [2.75, 3.05) is 13.2 Å². The molecule has 0 aliphatic carbocycles. The Kier molecular flexibility index (Phi) is 5.42. The zero-order valence-electron chi connectivity index (χ0n) is 16.7. The number of aromatic nitrogens is 2. The van der Waals surface area contributed by atoms with Crippen LogP contribution in [-0.4, -0.2) is 23.2 Å². The van der Waals surface area contributed by atoms with Crippen LogP contribution in [0.25, 0.3) is 22.5 Å². The van der Waals surface area contributed by atoms with Crippen LogP contribution in [0, 0.1) is 5.92 Å². The molecule has 0 radical (unpaired) electrons. The summed E-state index contributed by atoms with van der Waals surface area (Å²) < 4.78 is 12.1. The van der Waals surface area contributed by atoms with Gasteiger partial charge in [-0.2, -0.15) is 0 Å². The van der Waals surface area contributed by atoms with Crippen molar-refractivity contribution in [1.29, 1.82) is 0 Å². The molecule has 0 atom stereocenters. The van der Waals surface area contributed by atoms with Crippen LogP contribution in [0.2, 0.25) is 0 Å². The summed E-state index contributed by atoms with van der Waals surface area (Å²) in [6.45, 7) is 1.31. The molecule has 3 aromatic carbocycles. The van der Waals surface area contributed by atoms with Crippen LogP contribution in [0.5, 0.6) is 0 Å². The molecule has 5 rings (SSSR count). The lowest BCUT2D eigenvalue weighted by molar-refractivity contribution is -0.208. The van der Waals surface area contributed by atoms with Gasteiger partial charge in [0.05, 0.1) is 24.6 Å². The van der Waals surface area contributed by atoms with Crippen molar-refractivity contribution in [3.63, 3.8) is 0 Å². The molecule has 1 aromatic heterocycles. The first kappa shape index (κ1) is 18.8. The Labute approximate surface area is 176 Å². The molecule has 1 aliphatic rings. The van der Waals surface area contributed by atoms with Gasteiger partial charge in [0, 0.05) is 17.0 Å². The average molecular weight is 396 g/mol. The highest BCUT2D eigenvalue weighted by molar-refractivity contribution is 5.78. The zero-order valence-corrected chi connectivity index (χ0v) is 16.7. The molecule has 0 spiro atoms. The first-order valence-corrected chi connectivity index (χ1v) is 10.3. The predicted octanol–water partition coefficient (Wildman–Crippen LogP) is 5.65. The Balaban J connectivity index is 1.37. The van der Waals surface area contributed by atoms with E-state index in [2.05, 4.69) is 53.5 Å². The number of aromatic amines is 1. The molecule has 0 unspecified atom stereocenters. The van der Waals surface area contributed by atoms with Crippen LogP contribution in [0.3, 0.4) is 0 Å². The second kappa shape index (κ2) is 8.66. The summed E-state index contributed by atoms with van der Waals surface area (Å²) >= 11 is 0. The monoisotopic (exact) mass is 396 g/mol. The summed E-state index contributed by atoms with van der Waals surface area (Å²) in [7, 11) is 0. The average Bonchev–Trinajstić information content (AvgIpc) is 3.27. The number of rotatable bonds is 5. The second-order valence-corrected chi connectivity index (χ2v) is 7.63. The van der Waals surface area contributed by atoms with E-state index in [1.807, 2.05) is 42.5 Å². The Morgan fingerprint density at radius 3 is 1.93 bits per heavy atom. The number of nitrogens with zero attached hydrogens (tertiary/aromatic N) is 1. The van der Waals surface area contributed by atoms with Gasteiger partial charge in [0.2, 0.25) is 6.29 Å². The lowest BCUT2D eigenvalue weighted by atomic mass is 10.0. The van der Waals surface area contributed by atoms with E-state index in [1.165, 1.54) is 5.56 Å². The zero-order chi connectivity index (χ0) is 20.2. The van der Waals surface area contributed by atoms with E-state index in [1.54, 1.807) is 0 Å². The second-order valence-electron chi connectivity index (χ2n) is 7.63. The van der Waals surface area contributed by atoms with Gasteiger partial charge in [0.1, 0.15) is 0 Å². The molecule has 150 valence electrons. The molecular formula is C26H24N2O2. The number of hydrogen-bond acceptors (Lipinski definition) is 3. The molecule has 0 amide bonds. The maximum absolute atomic E-state index is 6.07. The van der Waals surface area contributed by atoms with Crippen molar-refractivity contribution in [3.05, 3.63) is 102 Å². The van der Waals surface area contributed by atoms with Crippen molar-refractivity contribution in [1.82, 2.24) is 9.97 Å². The maximum atomic E-state index is 6.07. The molecule has 0 saturated carbocycles. The molecule has 30 heavy (non-hydrogen) atoms. The molecule has 1 aliphatic heterocycles. The van der Waals surface area contributed by atoms with Crippen LogP contribution in [0.1, 0.15) is 17.7 Å². The van der Waals surface area contributed by atoms with E-state index in [4.69, 9.17) is 14.5 Å². The van der Waals surface area contributed by atoms with E-state index < -0.39 is 6.29 Å². The van der Waals surface area contributed by atoms with Crippen molar-refractivity contribution < 1.29 is 9.47 Å². The van der Waals surface area contributed by atoms with Crippen molar-refractivity contribution in [2.24, 2.45) is 5.92 Å². The molecule has 4 nitrogen and oxygen atoms in total. The third kappa shape index (κ3) is 4.06. The summed E-state index contributed by atoms with van der Waals surface area (Å²) in [6, 6.07) is 31.0. The molecule has 1 N–H and O–H groups in total. The highest BCUT2D eigenvalue weighted by Gasteiger charge is 2.27. The first-order chi connectivity index (χ1) is 14.9. The van der Waals surface area contributed by atoms with Gasteiger partial charge in [-0.25, -0.2) is 4.98 Å². The molecular weight excluding hydrogens is 372 g/mol. The number of benzene rings is 3. The third-order valence-corrected chi connectivity index (χ3v) is 5.39. The number of imidazole rings is 1. The molecule has 2 heterocycles. The largest absolute Gasteiger partial charge is 0.346 e. The minimum absolute atomic E-state index is 0.348. The SMILES string of the molecule is c1ccc(CC2COC(c3nc(-c4ccccc4)c(-c4ccccc4)[nH]3)OC2)cc1. The Morgan fingerprint density at radius 1 is 0.733 bits per heavy atom. The standard InChI is InChI=1S/C26H24N2O2/c1-4-10-19(11-5-1)16-20-17-29-26(30-18-20)25-27-23(21-12-6-2-7-13-21)24(28-25)22-14-8-3-9-15-22/h1-15,20,26H,16-18H2,(H,27,28). The van der Waals surface area contributed by atoms with E-state index in [-0.39, 0.29) is 0 Å². The van der Waals surface area contributed by atoms with Crippen molar-refractivity contribution >= 4 is 0 Å². The van der Waals surface area contributed by atoms with Gasteiger partial charge in [-0.05, 0) is 12.0 Å². The lowest BCUT2D eigenvalue weighted by Crippen LogP contribution is -2.29. The predicted molar refractivity (Wildman–Crippen MR) is 118 cm³/mol. The van der Waals surface area contributed by atoms with Crippen LogP contribution >= 0.6 is 0 Å². The highest BCUT2D eigenvalue weighted by Crippen LogP contribution is 2.33. The van der Waals surface area contributed by atoms with Crippen LogP contribution < -0.4 is 0 Å². The van der Waals surface area contributed by atoms with Gasteiger partial charge < -0.3 is 14.5 Å². The normalized spacial score (nSPS) is 18.9. The fourth-order valence-electron chi connectivity index (χ4n) is 3.89. The maximum Gasteiger partial charge on any atom is 0.217 e. The van der Waals surface area contributed by atoms with E-state index >= 15 is 0 Å². The summed E-state index contributed by atoms with van der Waals surface area (Å²) in [5.41, 5.74) is 5.36. The lowest BCUT2D eigenvalue weighted by Gasteiger charge is -2.28. The summed E-state index contributed by atoms with van der Waals surface area (Å²) in [6.07, 6.45) is 0.480. The molecule has 1 saturated heterocycles. The topological polar surface area (TPSA) is 47.1 Å². The van der Waals surface area contributed by atoms with Gasteiger partial charge in [0.25, 0.3) is 0 Å². The fraction of sp³-hybridized carbons (Fsp3) is 0.192. The first-order valence-electron chi connectivity index (χ1n) is 10.3. The van der Waals surface area contributed by atoms with E-state index in [0.717, 1.165) is 28.9 Å². The summed E-state index contributed by atoms with van der Waals surface area (Å²) in [5, 5.41) is 0. The highest BCUT2D eigenvalue weighted by atomic mass is 16.7. The molecule has 1 fully saturated rings. The minimum Gasteiger partial charge on any atom is -0.346 e. The smallest absolute Gasteiger partial charge is 0.217 e. The van der Waals surface area contributed by atoms with Gasteiger partial charge in [-0.3, -0.25) is 0 Å².